The van der Waals surface area contributed by atoms with Crippen LogP contribution >= 0.6 is 0 Å². The van der Waals surface area contributed by atoms with Gasteiger partial charge in [0.2, 0.25) is 0 Å². The van der Waals surface area contributed by atoms with Crippen LogP contribution < -0.4 is 5.32 Å². The molecule has 0 aliphatic heterocycles. The summed E-state index contributed by atoms with van der Waals surface area (Å²) in [5, 5.41) is 8.29. The van der Waals surface area contributed by atoms with Crippen LogP contribution in [0.1, 0.15) is 42.7 Å². The molecule has 0 radical (unpaired) electrons. The standard InChI is InChI=1S/C20H24N4O/c1-4-6-11-21-20(25)16-12-19(17-13-22-24(5-2)14(17)3)23-18-10-8-7-9-15(16)18/h7-10,12-13H,4-6,11H2,1-3H3,(H,21,25). The van der Waals surface area contributed by atoms with Crippen LogP contribution in [0.3, 0.4) is 0 Å². The number of carbonyl (C=O) groups excluding carboxylic acids is 1. The summed E-state index contributed by atoms with van der Waals surface area (Å²) in [6.07, 6.45) is 3.86. The fraction of sp³-hybridized carbons (Fsp3) is 0.350. The molecule has 1 amide bonds. The van der Waals surface area contributed by atoms with Gasteiger partial charge in [0.15, 0.2) is 0 Å². The molecule has 5 nitrogen and oxygen atoms in total. The minimum Gasteiger partial charge on any atom is -0.352 e. The van der Waals surface area contributed by atoms with Gasteiger partial charge in [-0.2, -0.15) is 5.10 Å². The molecule has 1 N–H and O–H groups in total. The molecule has 0 bridgehead atoms. The fourth-order valence-electron chi connectivity index (χ4n) is 2.99. The molecular formula is C20H24N4O. The number of unbranched alkanes of at least 4 members (excludes halogenated alkanes) is 1. The monoisotopic (exact) mass is 336 g/mol. The molecule has 1 aromatic carbocycles. The van der Waals surface area contributed by atoms with Crippen molar-refractivity contribution in [1.82, 2.24) is 20.1 Å². The maximum atomic E-state index is 12.7. The van der Waals surface area contributed by atoms with Crippen LogP contribution in [0.2, 0.25) is 0 Å². The van der Waals surface area contributed by atoms with Crippen LogP contribution in [0.15, 0.2) is 36.5 Å². The van der Waals surface area contributed by atoms with Crippen LogP contribution in [0.25, 0.3) is 22.2 Å². The van der Waals surface area contributed by atoms with E-state index in [1.165, 1.54) is 0 Å². The Bertz CT molecular complexity index is 898. The molecule has 5 heteroatoms. The number of carbonyl (C=O) groups is 1. The minimum atomic E-state index is -0.0474. The van der Waals surface area contributed by atoms with E-state index in [1.54, 1.807) is 0 Å². The number of nitrogens with one attached hydrogen (secondary N) is 1. The van der Waals surface area contributed by atoms with E-state index in [0.29, 0.717) is 12.1 Å². The van der Waals surface area contributed by atoms with E-state index in [9.17, 15) is 4.79 Å². The number of fused-ring (bicyclic) bond motifs is 1. The molecule has 2 aromatic heterocycles. The van der Waals surface area contributed by atoms with Gasteiger partial charge in [-0.1, -0.05) is 31.5 Å². The van der Waals surface area contributed by atoms with Crippen LogP contribution in [0.5, 0.6) is 0 Å². The van der Waals surface area contributed by atoms with Crippen LogP contribution in [0.4, 0.5) is 0 Å². The van der Waals surface area contributed by atoms with Crippen molar-refractivity contribution in [2.75, 3.05) is 6.54 Å². The molecule has 0 unspecified atom stereocenters. The lowest BCUT2D eigenvalue weighted by atomic mass is 10.0. The first-order valence-corrected chi connectivity index (χ1v) is 8.86. The van der Waals surface area contributed by atoms with Gasteiger partial charge in [-0.25, -0.2) is 4.98 Å². The third-order valence-electron chi connectivity index (χ3n) is 4.46. The normalized spacial score (nSPS) is 11.0. The van der Waals surface area contributed by atoms with E-state index in [4.69, 9.17) is 4.98 Å². The van der Waals surface area contributed by atoms with Crippen molar-refractivity contribution >= 4 is 16.8 Å². The van der Waals surface area contributed by atoms with E-state index in [0.717, 1.165) is 47.2 Å². The second-order valence-corrected chi connectivity index (χ2v) is 6.14. The van der Waals surface area contributed by atoms with Crippen molar-refractivity contribution in [3.63, 3.8) is 0 Å². The van der Waals surface area contributed by atoms with Gasteiger partial charge in [-0.3, -0.25) is 9.48 Å². The highest BCUT2D eigenvalue weighted by Gasteiger charge is 2.16. The molecule has 0 atom stereocenters. The third kappa shape index (κ3) is 3.40. The first-order valence-electron chi connectivity index (χ1n) is 8.86. The Kier molecular flexibility index (Phi) is 5.12. The topological polar surface area (TPSA) is 59.8 Å². The zero-order valence-corrected chi connectivity index (χ0v) is 15.0. The average molecular weight is 336 g/mol. The van der Waals surface area contributed by atoms with Crippen molar-refractivity contribution in [2.45, 2.75) is 40.2 Å². The summed E-state index contributed by atoms with van der Waals surface area (Å²) in [6.45, 7) is 7.70. The second-order valence-electron chi connectivity index (χ2n) is 6.14. The predicted octanol–water partition coefficient (Wildman–Crippen LogP) is 3.96. The Morgan fingerprint density at radius 2 is 2.04 bits per heavy atom. The van der Waals surface area contributed by atoms with Gasteiger partial charge < -0.3 is 5.32 Å². The van der Waals surface area contributed by atoms with Gasteiger partial charge in [0.1, 0.15) is 0 Å². The van der Waals surface area contributed by atoms with Crippen molar-refractivity contribution in [1.29, 1.82) is 0 Å². The highest BCUT2D eigenvalue weighted by Crippen LogP contribution is 2.27. The zero-order valence-electron chi connectivity index (χ0n) is 15.0. The van der Waals surface area contributed by atoms with Crippen molar-refractivity contribution in [2.24, 2.45) is 0 Å². The first-order chi connectivity index (χ1) is 12.2. The lowest BCUT2D eigenvalue weighted by Crippen LogP contribution is -2.24. The molecule has 0 aliphatic rings. The number of benzene rings is 1. The van der Waals surface area contributed by atoms with Crippen molar-refractivity contribution < 1.29 is 4.79 Å². The molecule has 0 aliphatic carbocycles. The van der Waals surface area contributed by atoms with Crippen molar-refractivity contribution in [3.05, 3.63) is 47.8 Å². The molecule has 2 heterocycles. The highest BCUT2D eigenvalue weighted by molar-refractivity contribution is 6.07. The molecule has 25 heavy (non-hydrogen) atoms. The van der Waals surface area contributed by atoms with Gasteiger partial charge in [-0.15, -0.1) is 0 Å². The van der Waals surface area contributed by atoms with Crippen LogP contribution in [0, 0.1) is 6.92 Å². The van der Waals surface area contributed by atoms with Gasteiger partial charge in [0.25, 0.3) is 5.91 Å². The number of hydrogen-bond donors (Lipinski definition) is 1. The molecule has 130 valence electrons. The number of pyridine rings is 1. The van der Waals surface area contributed by atoms with Gasteiger partial charge in [0, 0.05) is 29.7 Å². The quantitative estimate of drug-likeness (QED) is 0.693. The highest BCUT2D eigenvalue weighted by atomic mass is 16.1. The summed E-state index contributed by atoms with van der Waals surface area (Å²) < 4.78 is 1.94. The Morgan fingerprint density at radius 3 is 2.76 bits per heavy atom. The number of aromatic nitrogens is 3. The molecule has 3 rings (SSSR count). The van der Waals surface area contributed by atoms with Gasteiger partial charge >= 0.3 is 0 Å². The molecule has 0 fully saturated rings. The number of aryl methyl sites for hydroxylation is 1. The maximum Gasteiger partial charge on any atom is 0.252 e. The number of amides is 1. The molecule has 0 saturated heterocycles. The number of nitrogens with zero attached hydrogens (tertiary/aromatic N) is 3. The van der Waals surface area contributed by atoms with Crippen molar-refractivity contribution in [3.8, 4) is 11.3 Å². The van der Waals surface area contributed by atoms with E-state index >= 15 is 0 Å². The summed E-state index contributed by atoms with van der Waals surface area (Å²) in [5.41, 5.74) is 4.30. The van der Waals surface area contributed by atoms with E-state index in [-0.39, 0.29) is 5.91 Å². The van der Waals surface area contributed by atoms with E-state index < -0.39 is 0 Å². The van der Waals surface area contributed by atoms with E-state index in [2.05, 4.69) is 24.3 Å². The fourth-order valence-corrected chi connectivity index (χ4v) is 2.99. The predicted molar refractivity (Wildman–Crippen MR) is 101 cm³/mol. The molecule has 3 aromatic rings. The average Bonchev–Trinajstić information content (AvgIpc) is 3.01. The van der Waals surface area contributed by atoms with Gasteiger partial charge in [0.05, 0.1) is 23.0 Å². The number of rotatable bonds is 6. The summed E-state index contributed by atoms with van der Waals surface area (Å²) in [7, 11) is 0. The Hall–Kier alpha value is -2.69. The largest absolute Gasteiger partial charge is 0.352 e. The van der Waals surface area contributed by atoms with Gasteiger partial charge in [-0.05, 0) is 32.4 Å². The molecule has 0 saturated carbocycles. The minimum absolute atomic E-state index is 0.0474. The molecular weight excluding hydrogens is 312 g/mol. The Morgan fingerprint density at radius 1 is 1.24 bits per heavy atom. The number of hydrogen-bond acceptors (Lipinski definition) is 3. The number of para-hydroxylation sites is 1. The summed E-state index contributed by atoms with van der Waals surface area (Å²) in [5.74, 6) is -0.0474. The Labute approximate surface area is 148 Å². The Balaban J connectivity index is 2.08. The lowest BCUT2D eigenvalue weighted by Gasteiger charge is -2.10. The third-order valence-corrected chi connectivity index (χ3v) is 4.46. The second kappa shape index (κ2) is 7.47. The zero-order chi connectivity index (χ0) is 17.8. The lowest BCUT2D eigenvalue weighted by molar-refractivity contribution is 0.0955. The summed E-state index contributed by atoms with van der Waals surface area (Å²) in [6, 6.07) is 9.66. The maximum absolute atomic E-state index is 12.7. The first kappa shape index (κ1) is 17.1. The SMILES string of the molecule is CCCCNC(=O)c1cc(-c2cnn(CC)c2C)nc2ccccc12. The summed E-state index contributed by atoms with van der Waals surface area (Å²) >= 11 is 0. The molecule has 0 spiro atoms. The van der Waals surface area contributed by atoms with E-state index in [1.807, 2.05) is 48.1 Å². The summed E-state index contributed by atoms with van der Waals surface area (Å²) in [4.78, 5) is 17.5. The smallest absolute Gasteiger partial charge is 0.252 e. The van der Waals surface area contributed by atoms with Crippen LogP contribution in [-0.2, 0) is 6.54 Å². The van der Waals surface area contributed by atoms with Crippen LogP contribution in [-0.4, -0.2) is 27.2 Å².